The van der Waals surface area contributed by atoms with E-state index in [1.165, 1.54) is 0 Å². The second-order valence-corrected chi connectivity index (χ2v) is 5.91. The van der Waals surface area contributed by atoms with Gasteiger partial charge in [0, 0.05) is 26.7 Å². The van der Waals surface area contributed by atoms with Gasteiger partial charge in [-0.15, -0.1) is 0 Å². The highest BCUT2D eigenvalue weighted by Gasteiger charge is 2.07. The van der Waals surface area contributed by atoms with Crippen molar-refractivity contribution in [2.24, 2.45) is 0 Å². The molecule has 0 aliphatic heterocycles. The molecule has 0 aliphatic carbocycles. The molecule has 3 nitrogen and oxygen atoms in total. The first-order valence-corrected chi connectivity index (χ1v) is 7.22. The van der Waals surface area contributed by atoms with Crippen molar-refractivity contribution < 1.29 is 4.79 Å². The number of benzene rings is 2. The van der Waals surface area contributed by atoms with E-state index in [0.29, 0.717) is 17.8 Å². The van der Waals surface area contributed by atoms with E-state index in [9.17, 15) is 4.79 Å². The predicted molar refractivity (Wildman–Crippen MR) is 83.9 cm³/mol. The van der Waals surface area contributed by atoms with E-state index in [2.05, 4.69) is 37.2 Å². The summed E-state index contributed by atoms with van der Waals surface area (Å²) in [5.41, 5.74) is 7.85. The third kappa shape index (κ3) is 4.08. The van der Waals surface area contributed by atoms with E-state index < -0.39 is 0 Å². The third-order valence-corrected chi connectivity index (χ3v) is 3.54. The van der Waals surface area contributed by atoms with Crippen LogP contribution in [0.2, 0.25) is 0 Å². The first kappa shape index (κ1) is 14.1. The summed E-state index contributed by atoms with van der Waals surface area (Å²) in [5, 5.41) is 2.86. The third-order valence-electron chi connectivity index (χ3n) is 2.55. The van der Waals surface area contributed by atoms with Crippen LogP contribution in [0, 0.1) is 0 Å². The van der Waals surface area contributed by atoms with Gasteiger partial charge < -0.3 is 11.1 Å². The van der Waals surface area contributed by atoms with Crippen LogP contribution in [-0.2, 0) is 6.54 Å². The normalized spacial score (nSPS) is 10.2. The van der Waals surface area contributed by atoms with Crippen molar-refractivity contribution in [1.29, 1.82) is 0 Å². The highest BCUT2D eigenvalue weighted by atomic mass is 79.9. The number of nitrogen functional groups attached to an aromatic ring is 1. The molecule has 98 valence electrons. The predicted octanol–water partition coefficient (Wildman–Crippen LogP) is 3.72. The molecule has 0 saturated heterocycles. The lowest BCUT2D eigenvalue weighted by molar-refractivity contribution is 0.0951. The van der Waals surface area contributed by atoms with Gasteiger partial charge in [0.1, 0.15) is 0 Å². The molecule has 5 heteroatoms. The van der Waals surface area contributed by atoms with E-state index in [0.717, 1.165) is 14.5 Å². The Morgan fingerprint density at radius 1 is 1.05 bits per heavy atom. The topological polar surface area (TPSA) is 55.1 Å². The fraction of sp³-hybridized carbons (Fsp3) is 0.0714. The lowest BCUT2D eigenvalue weighted by Gasteiger charge is -2.07. The maximum Gasteiger partial charge on any atom is 0.251 e. The zero-order valence-electron chi connectivity index (χ0n) is 9.99. The highest BCUT2D eigenvalue weighted by Crippen LogP contribution is 2.17. The Morgan fingerprint density at radius 2 is 1.74 bits per heavy atom. The minimum Gasteiger partial charge on any atom is -0.399 e. The number of anilines is 1. The Balaban J connectivity index is 2.03. The molecule has 0 heterocycles. The van der Waals surface area contributed by atoms with Crippen LogP contribution in [-0.4, -0.2) is 5.91 Å². The molecule has 2 aromatic carbocycles. The van der Waals surface area contributed by atoms with Gasteiger partial charge in [-0.2, -0.15) is 0 Å². The number of halogens is 2. The van der Waals surface area contributed by atoms with Gasteiger partial charge in [-0.1, -0.05) is 44.0 Å². The van der Waals surface area contributed by atoms with Crippen molar-refractivity contribution in [3.05, 3.63) is 62.5 Å². The van der Waals surface area contributed by atoms with Gasteiger partial charge in [0.25, 0.3) is 5.91 Å². The minimum atomic E-state index is -0.143. The molecule has 0 atom stereocenters. The van der Waals surface area contributed by atoms with Crippen LogP contribution in [0.3, 0.4) is 0 Å². The maximum atomic E-state index is 12.0. The molecule has 1 amide bonds. The van der Waals surface area contributed by atoms with E-state index in [-0.39, 0.29) is 5.91 Å². The molecule has 0 fully saturated rings. The molecule has 3 N–H and O–H groups in total. The zero-order valence-corrected chi connectivity index (χ0v) is 13.2. The van der Waals surface area contributed by atoms with Gasteiger partial charge in [0.05, 0.1) is 0 Å². The Kier molecular flexibility index (Phi) is 4.61. The van der Waals surface area contributed by atoms with Crippen molar-refractivity contribution in [3.8, 4) is 0 Å². The van der Waals surface area contributed by atoms with Crippen molar-refractivity contribution in [2.75, 3.05) is 5.73 Å². The van der Waals surface area contributed by atoms with E-state index >= 15 is 0 Å². The van der Waals surface area contributed by atoms with Crippen molar-refractivity contribution in [2.45, 2.75) is 6.54 Å². The summed E-state index contributed by atoms with van der Waals surface area (Å²) in [6, 6.07) is 13.0. The van der Waals surface area contributed by atoms with Crippen LogP contribution >= 0.6 is 31.9 Å². The second kappa shape index (κ2) is 6.21. The molecule has 0 spiro atoms. The monoisotopic (exact) mass is 382 g/mol. The number of hydrogen-bond donors (Lipinski definition) is 2. The number of nitrogens with two attached hydrogens (primary N) is 1. The maximum absolute atomic E-state index is 12.0. The standard InChI is InChI=1S/C14H12Br2N2O/c15-11-3-1-9(2-4-11)8-18-14(19)10-5-12(16)7-13(17)6-10/h1-7H,8,17H2,(H,18,19). The smallest absolute Gasteiger partial charge is 0.251 e. The number of hydrogen-bond acceptors (Lipinski definition) is 2. The van der Waals surface area contributed by atoms with Crippen LogP contribution in [0.4, 0.5) is 5.69 Å². The summed E-state index contributed by atoms with van der Waals surface area (Å²) in [5.74, 6) is -0.143. The average molecular weight is 384 g/mol. The molecule has 0 unspecified atom stereocenters. The molecule has 0 saturated carbocycles. The van der Waals surface area contributed by atoms with Crippen molar-refractivity contribution >= 4 is 43.5 Å². The summed E-state index contributed by atoms with van der Waals surface area (Å²) in [6.07, 6.45) is 0. The fourth-order valence-electron chi connectivity index (χ4n) is 1.63. The molecule has 0 bridgehead atoms. The van der Waals surface area contributed by atoms with Crippen LogP contribution < -0.4 is 11.1 Å². The molecule has 2 aromatic rings. The van der Waals surface area contributed by atoms with E-state index in [1.807, 2.05) is 24.3 Å². The van der Waals surface area contributed by atoms with Crippen LogP contribution in [0.5, 0.6) is 0 Å². The number of carbonyl (C=O) groups is 1. The molecule has 19 heavy (non-hydrogen) atoms. The molecule has 2 rings (SSSR count). The van der Waals surface area contributed by atoms with Crippen LogP contribution in [0.25, 0.3) is 0 Å². The average Bonchev–Trinajstić information content (AvgIpc) is 2.36. The fourth-order valence-corrected chi connectivity index (χ4v) is 2.41. The number of nitrogens with one attached hydrogen (secondary N) is 1. The van der Waals surface area contributed by atoms with Gasteiger partial charge in [-0.05, 0) is 35.9 Å². The Morgan fingerprint density at radius 3 is 2.37 bits per heavy atom. The summed E-state index contributed by atoms with van der Waals surface area (Å²) in [4.78, 5) is 12.0. The second-order valence-electron chi connectivity index (χ2n) is 4.08. The van der Waals surface area contributed by atoms with Gasteiger partial charge in [0.15, 0.2) is 0 Å². The number of rotatable bonds is 3. The minimum absolute atomic E-state index is 0.143. The summed E-state index contributed by atoms with van der Waals surface area (Å²) in [6.45, 7) is 0.485. The lowest BCUT2D eigenvalue weighted by atomic mass is 10.2. The largest absolute Gasteiger partial charge is 0.399 e. The van der Waals surface area contributed by atoms with Gasteiger partial charge >= 0.3 is 0 Å². The molecular formula is C14H12Br2N2O. The SMILES string of the molecule is Nc1cc(Br)cc(C(=O)NCc2ccc(Br)cc2)c1. The lowest BCUT2D eigenvalue weighted by Crippen LogP contribution is -2.22. The summed E-state index contributed by atoms with van der Waals surface area (Å²) < 4.78 is 1.81. The van der Waals surface area contributed by atoms with Crippen LogP contribution in [0.1, 0.15) is 15.9 Å². The first-order chi connectivity index (χ1) is 9.04. The Hall–Kier alpha value is -1.33. The molecule has 0 aliphatic rings. The zero-order chi connectivity index (χ0) is 13.8. The van der Waals surface area contributed by atoms with Crippen molar-refractivity contribution in [3.63, 3.8) is 0 Å². The molecule has 0 radical (unpaired) electrons. The van der Waals surface area contributed by atoms with Gasteiger partial charge in [0.2, 0.25) is 0 Å². The van der Waals surface area contributed by atoms with Crippen molar-refractivity contribution in [1.82, 2.24) is 5.32 Å². The van der Waals surface area contributed by atoms with Gasteiger partial charge in [-0.25, -0.2) is 0 Å². The number of amides is 1. The summed E-state index contributed by atoms with van der Waals surface area (Å²) >= 11 is 6.69. The van der Waals surface area contributed by atoms with E-state index in [1.54, 1.807) is 18.2 Å². The Bertz CT molecular complexity index is 577. The summed E-state index contributed by atoms with van der Waals surface area (Å²) in [7, 11) is 0. The molecule has 0 aromatic heterocycles. The molecular weight excluding hydrogens is 372 g/mol. The Labute approximate surface area is 128 Å². The van der Waals surface area contributed by atoms with E-state index in [4.69, 9.17) is 5.73 Å². The quantitative estimate of drug-likeness (QED) is 0.793. The van der Waals surface area contributed by atoms with Crippen LogP contribution in [0.15, 0.2) is 51.4 Å². The highest BCUT2D eigenvalue weighted by molar-refractivity contribution is 9.10. The number of carbonyl (C=O) groups excluding carboxylic acids is 1. The van der Waals surface area contributed by atoms with Gasteiger partial charge in [-0.3, -0.25) is 4.79 Å². The first-order valence-electron chi connectivity index (χ1n) is 5.63.